The van der Waals surface area contributed by atoms with Crippen LogP contribution in [0.3, 0.4) is 0 Å². The number of amides is 1. The fourth-order valence-electron chi connectivity index (χ4n) is 3.61. The second-order valence-corrected chi connectivity index (χ2v) is 7.14. The van der Waals surface area contributed by atoms with Gasteiger partial charge in [0.2, 0.25) is 5.91 Å². The predicted octanol–water partition coefficient (Wildman–Crippen LogP) is 1.23. The van der Waals surface area contributed by atoms with E-state index in [0.29, 0.717) is 19.7 Å². The molecule has 1 amide bonds. The highest BCUT2D eigenvalue weighted by Crippen LogP contribution is 2.18. The summed E-state index contributed by atoms with van der Waals surface area (Å²) in [6.45, 7) is 8.61. The Balaban J connectivity index is 1.25. The molecule has 0 saturated carbocycles. The minimum absolute atomic E-state index is 0.0910. The lowest BCUT2D eigenvalue weighted by atomic mass is 9.96. The molecule has 2 aliphatic rings. The molecule has 2 aliphatic heterocycles. The van der Waals surface area contributed by atoms with E-state index in [1.54, 1.807) is 0 Å². The van der Waals surface area contributed by atoms with Crippen molar-refractivity contribution in [2.24, 2.45) is 5.92 Å². The lowest BCUT2D eigenvalue weighted by molar-refractivity contribution is -0.122. The van der Waals surface area contributed by atoms with Gasteiger partial charge in [-0.3, -0.25) is 14.6 Å². The Morgan fingerprint density at radius 3 is 2.54 bits per heavy atom. The number of carbonyl (C=O) groups excluding carboxylic acids is 1. The monoisotopic (exact) mass is 361 g/mol. The summed E-state index contributed by atoms with van der Waals surface area (Å²) in [6, 6.07) is 9.68. The van der Waals surface area contributed by atoms with Gasteiger partial charge in [-0.1, -0.05) is 18.2 Å². The summed E-state index contributed by atoms with van der Waals surface area (Å²) in [5, 5.41) is 2.95. The number of nitrogens with zero attached hydrogens (tertiary/aromatic N) is 2. The molecule has 0 aliphatic carbocycles. The second kappa shape index (κ2) is 10.5. The maximum absolute atomic E-state index is 12.1. The lowest BCUT2D eigenvalue weighted by Crippen LogP contribution is -2.45. The molecular formula is C20H31N3O3. The first-order valence-electron chi connectivity index (χ1n) is 9.76. The van der Waals surface area contributed by atoms with Crippen LogP contribution in [0.5, 0.6) is 5.75 Å². The summed E-state index contributed by atoms with van der Waals surface area (Å²) in [5.41, 5.74) is 0. The van der Waals surface area contributed by atoms with Crippen molar-refractivity contribution in [1.29, 1.82) is 0 Å². The van der Waals surface area contributed by atoms with Gasteiger partial charge in [0.1, 0.15) is 12.4 Å². The SMILES string of the molecule is O=C(CN1CCC(CN2CCOCC2)CC1)NCCOc1ccccc1. The molecule has 144 valence electrons. The van der Waals surface area contributed by atoms with Gasteiger partial charge in [0.25, 0.3) is 0 Å². The molecule has 0 radical (unpaired) electrons. The van der Waals surface area contributed by atoms with Gasteiger partial charge in [0.15, 0.2) is 0 Å². The smallest absolute Gasteiger partial charge is 0.234 e. The Hall–Kier alpha value is -1.63. The summed E-state index contributed by atoms with van der Waals surface area (Å²) >= 11 is 0. The first-order valence-corrected chi connectivity index (χ1v) is 9.76. The number of benzene rings is 1. The number of para-hydroxylation sites is 1. The number of hydrogen-bond donors (Lipinski definition) is 1. The van der Waals surface area contributed by atoms with Crippen molar-refractivity contribution in [3.8, 4) is 5.75 Å². The van der Waals surface area contributed by atoms with Crippen molar-refractivity contribution in [2.75, 3.05) is 65.6 Å². The first-order chi connectivity index (χ1) is 12.8. The third-order valence-electron chi connectivity index (χ3n) is 5.13. The van der Waals surface area contributed by atoms with Gasteiger partial charge in [-0.15, -0.1) is 0 Å². The average molecular weight is 361 g/mol. The van der Waals surface area contributed by atoms with Crippen molar-refractivity contribution in [3.05, 3.63) is 30.3 Å². The molecule has 2 heterocycles. The van der Waals surface area contributed by atoms with Crippen molar-refractivity contribution in [1.82, 2.24) is 15.1 Å². The molecular weight excluding hydrogens is 330 g/mol. The minimum Gasteiger partial charge on any atom is -0.492 e. The Morgan fingerprint density at radius 2 is 1.81 bits per heavy atom. The quantitative estimate of drug-likeness (QED) is 0.706. The number of carbonyl (C=O) groups is 1. The number of likely N-dealkylation sites (tertiary alicyclic amines) is 1. The van der Waals surface area contributed by atoms with Crippen molar-refractivity contribution in [3.63, 3.8) is 0 Å². The van der Waals surface area contributed by atoms with Crippen molar-refractivity contribution >= 4 is 5.91 Å². The van der Waals surface area contributed by atoms with Crippen LogP contribution in [0.1, 0.15) is 12.8 Å². The van der Waals surface area contributed by atoms with Crippen LogP contribution in [-0.2, 0) is 9.53 Å². The normalized spacial score (nSPS) is 20.0. The van der Waals surface area contributed by atoms with Crippen LogP contribution < -0.4 is 10.1 Å². The van der Waals surface area contributed by atoms with Crippen LogP contribution in [0.15, 0.2) is 30.3 Å². The van der Waals surface area contributed by atoms with Gasteiger partial charge in [-0.2, -0.15) is 0 Å². The maximum atomic E-state index is 12.1. The van der Waals surface area contributed by atoms with Crippen LogP contribution >= 0.6 is 0 Å². The van der Waals surface area contributed by atoms with E-state index in [0.717, 1.165) is 51.1 Å². The molecule has 1 aromatic carbocycles. The molecule has 0 spiro atoms. The zero-order valence-electron chi connectivity index (χ0n) is 15.6. The summed E-state index contributed by atoms with van der Waals surface area (Å²) in [6.07, 6.45) is 2.36. The van der Waals surface area contributed by atoms with Gasteiger partial charge in [0.05, 0.1) is 26.3 Å². The second-order valence-electron chi connectivity index (χ2n) is 7.14. The van der Waals surface area contributed by atoms with Gasteiger partial charge in [-0.05, 0) is 44.0 Å². The molecule has 2 saturated heterocycles. The number of piperidine rings is 1. The van der Waals surface area contributed by atoms with Crippen molar-refractivity contribution in [2.45, 2.75) is 12.8 Å². The van der Waals surface area contributed by atoms with E-state index >= 15 is 0 Å². The molecule has 6 nitrogen and oxygen atoms in total. The van der Waals surface area contributed by atoms with Crippen LogP contribution in [0.25, 0.3) is 0 Å². The topological polar surface area (TPSA) is 54.0 Å². The Bertz CT molecular complexity index is 526. The van der Waals surface area contributed by atoms with Crippen molar-refractivity contribution < 1.29 is 14.3 Å². The van der Waals surface area contributed by atoms with E-state index in [1.165, 1.54) is 19.4 Å². The molecule has 0 unspecified atom stereocenters. The standard InChI is InChI=1S/C20H31N3O3/c24-20(21-8-13-26-19-4-2-1-3-5-19)17-22-9-6-18(7-10-22)16-23-11-14-25-15-12-23/h1-5,18H,6-17H2,(H,21,24). The van der Waals surface area contributed by atoms with E-state index in [9.17, 15) is 4.79 Å². The maximum Gasteiger partial charge on any atom is 0.234 e. The molecule has 3 rings (SSSR count). The average Bonchev–Trinajstić information content (AvgIpc) is 2.68. The highest BCUT2D eigenvalue weighted by Gasteiger charge is 2.23. The molecule has 0 bridgehead atoms. The molecule has 0 atom stereocenters. The largest absolute Gasteiger partial charge is 0.492 e. The van der Waals surface area contributed by atoms with E-state index in [1.807, 2.05) is 30.3 Å². The van der Waals surface area contributed by atoms with E-state index in [2.05, 4.69) is 15.1 Å². The number of hydrogen-bond acceptors (Lipinski definition) is 5. The fourth-order valence-corrected chi connectivity index (χ4v) is 3.61. The lowest BCUT2D eigenvalue weighted by Gasteiger charge is -2.35. The summed E-state index contributed by atoms with van der Waals surface area (Å²) in [7, 11) is 0. The third-order valence-corrected chi connectivity index (χ3v) is 5.13. The molecule has 1 N–H and O–H groups in total. The van der Waals surface area contributed by atoms with E-state index in [4.69, 9.17) is 9.47 Å². The zero-order chi connectivity index (χ0) is 18.0. The van der Waals surface area contributed by atoms with E-state index < -0.39 is 0 Å². The Labute approximate surface area is 156 Å². The number of rotatable bonds is 8. The molecule has 2 fully saturated rings. The van der Waals surface area contributed by atoms with E-state index in [-0.39, 0.29) is 5.91 Å². The summed E-state index contributed by atoms with van der Waals surface area (Å²) in [4.78, 5) is 16.9. The molecule has 6 heteroatoms. The third kappa shape index (κ3) is 6.59. The molecule has 26 heavy (non-hydrogen) atoms. The molecule has 0 aromatic heterocycles. The first kappa shape index (κ1) is 19.1. The summed E-state index contributed by atoms with van der Waals surface area (Å²) < 4.78 is 11.0. The Morgan fingerprint density at radius 1 is 1.08 bits per heavy atom. The Kier molecular flexibility index (Phi) is 7.73. The fraction of sp³-hybridized carbons (Fsp3) is 0.650. The predicted molar refractivity (Wildman–Crippen MR) is 101 cm³/mol. The summed E-state index contributed by atoms with van der Waals surface area (Å²) in [5.74, 6) is 1.68. The zero-order valence-corrected chi connectivity index (χ0v) is 15.6. The number of morpholine rings is 1. The van der Waals surface area contributed by atoms with Crippen LogP contribution in [0.2, 0.25) is 0 Å². The van der Waals surface area contributed by atoms with Gasteiger partial charge in [0, 0.05) is 19.6 Å². The van der Waals surface area contributed by atoms with Crippen LogP contribution in [0.4, 0.5) is 0 Å². The van der Waals surface area contributed by atoms with Crippen LogP contribution in [-0.4, -0.2) is 81.3 Å². The number of nitrogens with one attached hydrogen (secondary N) is 1. The minimum atomic E-state index is 0.0910. The highest BCUT2D eigenvalue weighted by molar-refractivity contribution is 5.78. The number of ether oxygens (including phenoxy) is 2. The van der Waals surface area contributed by atoms with Gasteiger partial charge < -0.3 is 14.8 Å². The van der Waals surface area contributed by atoms with Gasteiger partial charge in [-0.25, -0.2) is 0 Å². The van der Waals surface area contributed by atoms with Crippen LogP contribution in [0, 0.1) is 5.92 Å². The molecule has 1 aromatic rings. The highest BCUT2D eigenvalue weighted by atomic mass is 16.5. The van der Waals surface area contributed by atoms with Gasteiger partial charge >= 0.3 is 0 Å².